The maximum absolute atomic E-state index is 5.67. The van der Waals surface area contributed by atoms with Gasteiger partial charge in [0, 0.05) is 17.8 Å². The summed E-state index contributed by atoms with van der Waals surface area (Å²) < 4.78 is 0. The second-order valence-corrected chi connectivity index (χ2v) is 3.98. The van der Waals surface area contributed by atoms with Crippen molar-refractivity contribution in [2.75, 3.05) is 11.6 Å². The van der Waals surface area contributed by atoms with Gasteiger partial charge in [-0.25, -0.2) is 0 Å². The van der Waals surface area contributed by atoms with Crippen LogP contribution in [0.5, 0.6) is 0 Å². The fourth-order valence-corrected chi connectivity index (χ4v) is 1.73. The zero-order valence-corrected chi connectivity index (χ0v) is 8.48. The van der Waals surface area contributed by atoms with Crippen LogP contribution in [0.3, 0.4) is 0 Å². The Labute approximate surface area is 81.7 Å². The molecular weight excluding hydrogens is 192 g/mol. The third-order valence-electron chi connectivity index (χ3n) is 1.33. The van der Waals surface area contributed by atoms with E-state index in [1.807, 2.05) is 12.1 Å². The molecule has 0 radical (unpaired) electrons. The van der Waals surface area contributed by atoms with E-state index in [4.69, 9.17) is 11.6 Å². The van der Waals surface area contributed by atoms with Crippen LogP contribution >= 0.6 is 23.4 Å². The number of hydrogen-bond acceptors (Lipinski definition) is 3. The van der Waals surface area contributed by atoms with Crippen molar-refractivity contribution < 1.29 is 0 Å². The number of rotatable bonds is 4. The molecule has 0 amide bonds. The van der Waals surface area contributed by atoms with E-state index in [0.717, 1.165) is 10.8 Å². The number of halogens is 1. The highest BCUT2D eigenvalue weighted by atomic mass is 35.5. The largest absolute Gasteiger partial charge is 0.158 e. The minimum absolute atomic E-state index is 0.527. The predicted molar refractivity (Wildman–Crippen MR) is 52.6 cm³/mol. The minimum Gasteiger partial charge on any atom is -0.158 e. The highest BCUT2D eigenvalue weighted by molar-refractivity contribution is 7.99. The van der Waals surface area contributed by atoms with Crippen molar-refractivity contribution in [3.63, 3.8) is 0 Å². The fraction of sp³-hybridized carbons (Fsp3) is 0.500. The van der Waals surface area contributed by atoms with Crippen LogP contribution in [0, 0.1) is 5.92 Å². The Morgan fingerprint density at radius 2 is 2.50 bits per heavy atom. The molecule has 0 spiro atoms. The number of nitrogens with zero attached hydrogens (tertiary/aromatic N) is 2. The molecule has 2 nitrogen and oxygen atoms in total. The molecule has 0 N–H and O–H groups in total. The smallest absolute Gasteiger partial charge is 0.119 e. The molecule has 1 aromatic rings. The second kappa shape index (κ2) is 5.38. The maximum Gasteiger partial charge on any atom is 0.119 e. The van der Waals surface area contributed by atoms with Crippen molar-refractivity contribution in [1.82, 2.24) is 10.2 Å². The molecule has 0 bridgehead atoms. The van der Waals surface area contributed by atoms with Gasteiger partial charge in [0.25, 0.3) is 0 Å². The first-order valence-electron chi connectivity index (χ1n) is 3.79. The van der Waals surface area contributed by atoms with Crippen molar-refractivity contribution >= 4 is 23.4 Å². The molecule has 0 saturated heterocycles. The summed E-state index contributed by atoms with van der Waals surface area (Å²) in [5.74, 6) is 2.23. The van der Waals surface area contributed by atoms with E-state index in [1.165, 1.54) is 0 Å². The molecule has 1 unspecified atom stereocenters. The van der Waals surface area contributed by atoms with Crippen LogP contribution in [0.25, 0.3) is 0 Å². The van der Waals surface area contributed by atoms with Crippen molar-refractivity contribution in [2.24, 2.45) is 5.92 Å². The Hall–Kier alpha value is -0.280. The lowest BCUT2D eigenvalue weighted by molar-refractivity contribution is 0.757. The minimum atomic E-state index is 0.527. The van der Waals surface area contributed by atoms with Crippen LogP contribution in [-0.4, -0.2) is 21.8 Å². The van der Waals surface area contributed by atoms with E-state index in [1.54, 1.807) is 18.0 Å². The summed E-state index contributed by atoms with van der Waals surface area (Å²) in [6, 6.07) is 3.85. The van der Waals surface area contributed by atoms with Gasteiger partial charge in [-0.15, -0.1) is 28.5 Å². The zero-order valence-electron chi connectivity index (χ0n) is 6.90. The summed E-state index contributed by atoms with van der Waals surface area (Å²) in [6.07, 6.45) is 1.68. The summed E-state index contributed by atoms with van der Waals surface area (Å²) in [4.78, 5) is 0. The van der Waals surface area contributed by atoms with Gasteiger partial charge in [-0.3, -0.25) is 0 Å². The standard InChI is InChI=1S/C8H11ClN2S/c1-7(5-9)6-12-8-3-2-4-10-11-8/h2-4,7H,5-6H2,1H3. The van der Waals surface area contributed by atoms with Crippen LogP contribution < -0.4 is 0 Å². The van der Waals surface area contributed by atoms with Crippen LogP contribution in [0.4, 0.5) is 0 Å². The van der Waals surface area contributed by atoms with Crippen molar-refractivity contribution in [3.05, 3.63) is 18.3 Å². The Morgan fingerprint density at radius 3 is 3.08 bits per heavy atom. The third-order valence-corrected chi connectivity index (χ3v) is 3.10. The van der Waals surface area contributed by atoms with Crippen LogP contribution in [0.1, 0.15) is 6.92 Å². The van der Waals surface area contributed by atoms with E-state index < -0.39 is 0 Å². The molecule has 0 fully saturated rings. The molecule has 1 heterocycles. The highest BCUT2D eigenvalue weighted by Gasteiger charge is 2.01. The van der Waals surface area contributed by atoms with E-state index in [0.29, 0.717) is 11.8 Å². The van der Waals surface area contributed by atoms with Gasteiger partial charge < -0.3 is 0 Å². The number of thioether (sulfide) groups is 1. The number of aromatic nitrogens is 2. The molecule has 66 valence electrons. The average Bonchev–Trinajstić information content (AvgIpc) is 2.16. The van der Waals surface area contributed by atoms with E-state index in [9.17, 15) is 0 Å². The lowest BCUT2D eigenvalue weighted by Gasteiger charge is -2.04. The van der Waals surface area contributed by atoms with Crippen LogP contribution in [-0.2, 0) is 0 Å². The van der Waals surface area contributed by atoms with Gasteiger partial charge in [-0.1, -0.05) is 6.92 Å². The fourth-order valence-electron chi connectivity index (χ4n) is 0.637. The molecule has 0 aliphatic rings. The first-order valence-corrected chi connectivity index (χ1v) is 5.31. The summed E-state index contributed by atoms with van der Waals surface area (Å²) in [6.45, 7) is 2.12. The molecule has 0 aliphatic carbocycles. The quantitative estimate of drug-likeness (QED) is 0.554. The molecule has 1 aromatic heterocycles. The predicted octanol–water partition coefficient (Wildman–Crippen LogP) is 2.44. The number of alkyl halides is 1. The number of hydrogen-bond donors (Lipinski definition) is 0. The van der Waals surface area contributed by atoms with Gasteiger partial charge in [-0.05, 0) is 18.1 Å². The normalized spacial score (nSPS) is 12.8. The molecule has 1 rings (SSSR count). The average molecular weight is 203 g/mol. The molecule has 0 aromatic carbocycles. The van der Waals surface area contributed by atoms with Crippen molar-refractivity contribution in [2.45, 2.75) is 11.9 Å². The lowest BCUT2D eigenvalue weighted by atomic mass is 10.3. The van der Waals surface area contributed by atoms with E-state index in [2.05, 4.69) is 17.1 Å². The molecule has 0 aliphatic heterocycles. The van der Waals surface area contributed by atoms with Gasteiger partial charge in [0.1, 0.15) is 5.03 Å². The van der Waals surface area contributed by atoms with Gasteiger partial charge in [0.15, 0.2) is 0 Å². The van der Waals surface area contributed by atoms with Gasteiger partial charge in [0.05, 0.1) is 0 Å². The topological polar surface area (TPSA) is 25.8 Å². The summed E-state index contributed by atoms with van der Waals surface area (Å²) in [5.41, 5.74) is 0. The SMILES string of the molecule is CC(CCl)CSc1cccnn1. The first kappa shape index (κ1) is 9.81. The monoisotopic (exact) mass is 202 g/mol. The van der Waals surface area contributed by atoms with Gasteiger partial charge in [0.2, 0.25) is 0 Å². The van der Waals surface area contributed by atoms with Gasteiger partial charge in [-0.2, -0.15) is 5.10 Å². The third kappa shape index (κ3) is 3.41. The van der Waals surface area contributed by atoms with Crippen LogP contribution in [0.2, 0.25) is 0 Å². The molecule has 4 heteroatoms. The summed E-state index contributed by atoms with van der Waals surface area (Å²) >= 11 is 7.36. The Kier molecular flexibility index (Phi) is 4.40. The van der Waals surface area contributed by atoms with E-state index in [-0.39, 0.29) is 0 Å². The highest BCUT2D eigenvalue weighted by Crippen LogP contribution is 2.17. The maximum atomic E-state index is 5.67. The Balaban J connectivity index is 2.33. The molecule has 12 heavy (non-hydrogen) atoms. The van der Waals surface area contributed by atoms with Crippen molar-refractivity contribution in [1.29, 1.82) is 0 Å². The van der Waals surface area contributed by atoms with Crippen molar-refractivity contribution in [3.8, 4) is 0 Å². The second-order valence-electron chi connectivity index (χ2n) is 2.63. The Morgan fingerprint density at radius 1 is 1.67 bits per heavy atom. The molecule has 0 saturated carbocycles. The zero-order chi connectivity index (χ0) is 8.81. The summed E-state index contributed by atoms with van der Waals surface area (Å²) in [7, 11) is 0. The van der Waals surface area contributed by atoms with Crippen LogP contribution in [0.15, 0.2) is 23.4 Å². The summed E-state index contributed by atoms with van der Waals surface area (Å²) in [5, 5.41) is 8.71. The molecule has 1 atom stereocenters. The first-order chi connectivity index (χ1) is 5.83. The molecular formula is C8H11ClN2S. The van der Waals surface area contributed by atoms with E-state index >= 15 is 0 Å². The Bertz CT molecular complexity index is 218. The van der Waals surface area contributed by atoms with Gasteiger partial charge >= 0.3 is 0 Å². The lowest BCUT2D eigenvalue weighted by Crippen LogP contribution is -1.99.